The molecule has 1 aromatic carbocycles. The summed E-state index contributed by atoms with van der Waals surface area (Å²) in [6.45, 7) is -0.100. The Morgan fingerprint density at radius 1 is 1.56 bits per heavy atom. The smallest absolute Gasteiger partial charge is 0.254 e. The summed E-state index contributed by atoms with van der Waals surface area (Å²) in [4.78, 5) is 11.7. The normalized spacial score (nSPS) is 16.9. The summed E-state index contributed by atoms with van der Waals surface area (Å²) < 4.78 is 14.0. The lowest BCUT2D eigenvalue weighted by molar-refractivity contribution is 0.0902. The maximum Gasteiger partial charge on any atom is 0.254 e. The Morgan fingerprint density at radius 2 is 2.25 bits per heavy atom. The van der Waals surface area contributed by atoms with Gasteiger partial charge in [0.25, 0.3) is 5.91 Å². The molecule has 3 nitrogen and oxygen atoms in total. The van der Waals surface area contributed by atoms with Crippen LogP contribution in [0.1, 0.15) is 23.2 Å². The Bertz CT molecular complexity index is 432. The average molecular weight is 288 g/mol. The third kappa shape index (κ3) is 2.25. The molecule has 1 aromatic rings. The fourth-order valence-electron chi connectivity index (χ4n) is 1.46. The number of rotatable bonds is 3. The molecule has 86 valence electrons. The molecule has 1 amide bonds. The van der Waals surface area contributed by atoms with Gasteiger partial charge in [-0.05, 0) is 31.0 Å². The number of nitrogens with one attached hydrogen (secondary N) is 1. The first-order valence-electron chi connectivity index (χ1n) is 4.95. The second kappa shape index (κ2) is 4.14. The number of benzene rings is 1. The maximum absolute atomic E-state index is 13.4. The van der Waals surface area contributed by atoms with Crippen LogP contribution in [0.3, 0.4) is 0 Å². The van der Waals surface area contributed by atoms with Crippen LogP contribution >= 0.6 is 15.9 Å². The Labute approximate surface area is 101 Å². The van der Waals surface area contributed by atoms with Gasteiger partial charge in [0, 0.05) is 4.47 Å². The fraction of sp³-hybridized carbons (Fsp3) is 0.364. The van der Waals surface area contributed by atoms with Gasteiger partial charge in [-0.2, -0.15) is 0 Å². The molecule has 2 rings (SSSR count). The number of amides is 1. The van der Waals surface area contributed by atoms with E-state index in [0.717, 1.165) is 12.8 Å². The van der Waals surface area contributed by atoms with E-state index in [-0.39, 0.29) is 12.2 Å². The van der Waals surface area contributed by atoms with Crippen molar-refractivity contribution in [3.8, 4) is 0 Å². The van der Waals surface area contributed by atoms with Crippen molar-refractivity contribution in [1.29, 1.82) is 0 Å². The minimum absolute atomic E-state index is 0.00271. The van der Waals surface area contributed by atoms with Gasteiger partial charge in [-0.1, -0.05) is 15.9 Å². The van der Waals surface area contributed by atoms with E-state index in [1.807, 2.05) is 0 Å². The highest BCUT2D eigenvalue weighted by Gasteiger charge is 2.43. The third-order valence-corrected chi connectivity index (χ3v) is 3.20. The molecule has 0 bridgehead atoms. The monoisotopic (exact) mass is 287 g/mol. The lowest BCUT2D eigenvalue weighted by Crippen LogP contribution is -2.39. The first kappa shape index (κ1) is 11.5. The molecule has 0 heterocycles. The number of carbonyl (C=O) groups excluding carboxylic acids is 1. The molecular weight excluding hydrogens is 277 g/mol. The molecule has 1 aliphatic carbocycles. The summed E-state index contributed by atoms with van der Waals surface area (Å²) >= 11 is 3.12. The van der Waals surface area contributed by atoms with E-state index in [4.69, 9.17) is 5.11 Å². The van der Waals surface area contributed by atoms with Crippen molar-refractivity contribution < 1.29 is 14.3 Å². The SMILES string of the molecule is O=C(NC1(CO)CC1)c1ccc(Br)cc1F. The molecule has 0 saturated heterocycles. The zero-order valence-electron chi connectivity index (χ0n) is 8.46. The predicted molar refractivity (Wildman–Crippen MR) is 60.6 cm³/mol. The largest absolute Gasteiger partial charge is 0.394 e. The van der Waals surface area contributed by atoms with Gasteiger partial charge in [0.2, 0.25) is 0 Å². The molecular formula is C11H11BrFNO2. The first-order valence-corrected chi connectivity index (χ1v) is 5.74. The van der Waals surface area contributed by atoms with Gasteiger partial charge in [-0.15, -0.1) is 0 Å². The van der Waals surface area contributed by atoms with Crippen LogP contribution in [0.25, 0.3) is 0 Å². The van der Waals surface area contributed by atoms with Crippen LogP contribution in [-0.4, -0.2) is 23.2 Å². The molecule has 0 spiro atoms. The van der Waals surface area contributed by atoms with Gasteiger partial charge >= 0.3 is 0 Å². The number of aliphatic hydroxyl groups is 1. The lowest BCUT2D eigenvalue weighted by Gasteiger charge is -2.14. The predicted octanol–water partition coefficient (Wildman–Crippen LogP) is 1.84. The van der Waals surface area contributed by atoms with Crippen LogP contribution in [0, 0.1) is 5.82 Å². The summed E-state index contributed by atoms with van der Waals surface area (Å²) in [6, 6.07) is 4.27. The van der Waals surface area contributed by atoms with Crippen molar-refractivity contribution in [3.05, 3.63) is 34.1 Å². The fourth-order valence-corrected chi connectivity index (χ4v) is 1.79. The Balaban J connectivity index is 2.15. The Morgan fingerprint density at radius 3 is 2.75 bits per heavy atom. The Kier molecular flexibility index (Phi) is 2.99. The highest BCUT2D eigenvalue weighted by Crippen LogP contribution is 2.34. The molecule has 0 radical (unpaired) electrons. The van der Waals surface area contributed by atoms with E-state index in [1.54, 1.807) is 6.07 Å². The van der Waals surface area contributed by atoms with Crippen molar-refractivity contribution in [1.82, 2.24) is 5.32 Å². The molecule has 0 unspecified atom stereocenters. The number of carbonyl (C=O) groups is 1. The second-order valence-electron chi connectivity index (χ2n) is 4.02. The summed E-state index contributed by atoms with van der Waals surface area (Å²) in [5, 5.41) is 11.7. The quantitative estimate of drug-likeness (QED) is 0.891. The topological polar surface area (TPSA) is 49.3 Å². The summed E-state index contributed by atoms with van der Waals surface area (Å²) in [7, 11) is 0. The van der Waals surface area contributed by atoms with Gasteiger partial charge < -0.3 is 10.4 Å². The van der Waals surface area contributed by atoms with Crippen molar-refractivity contribution in [2.24, 2.45) is 0 Å². The molecule has 0 aromatic heterocycles. The number of halogens is 2. The minimum Gasteiger partial charge on any atom is -0.394 e. The van der Waals surface area contributed by atoms with Crippen molar-refractivity contribution in [2.75, 3.05) is 6.61 Å². The van der Waals surface area contributed by atoms with Gasteiger partial charge in [0.1, 0.15) is 5.82 Å². The highest BCUT2D eigenvalue weighted by molar-refractivity contribution is 9.10. The van der Waals surface area contributed by atoms with Crippen LogP contribution in [0.4, 0.5) is 4.39 Å². The van der Waals surface area contributed by atoms with Crippen LogP contribution in [0.15, 0.2) is 22.7 Å². The van der Waals surface area contributed by atoms with Gasteiger partial charge in [-0.3, -0.25) is 4.79 Å². The van der Waals surface area contributed by atoms with Gasteiger partial charge in [-0.25, -0.2) is 4.39 Å². The third-order valence-electron chi connectivity index (χ3n) is 2.71. The molecule has 1 aliphatic rings. The number of hydrogen-bond donors (Lipinski definition) is 2. The van der Waals surface area contributed by atoms with Crippen LogP contribution in [0.5, 0.6) is 0 Å². The van der Waals surface area contributed by atoms with E-state index in [1.165, 1.54) is 12.1 Å². The highest BCUT2D eigenvalue weighted by atomic mass is 79.9. The minimum atomic E-state index is -0.569. The maximum atomic E-state index is 13.4. The van der Waals surface area contributed by atoms with E-state index < -0.39 is 17.3 Å². The molecule has 0 atom stereocenters. The zero-order chi connectivity index (χ0) is 11.8. The molecule has 0 aliphatic heterocycles. The zero-order valence-corrected chi connectivity index (χ0v) is 10.1. The van der Waals surface area contributed by atoms with Crippen LogP contribution in [0.2, 0.25) is 0 Å². The molecule has 1 fully saturated rings. The Hall–Kier alpha value is -0.940. The van der Waals surface area contributed by atoms with Crippen molar-refractivity contribution >= 4 is 21.8 Å². The van der Waals surface area contributed by atoms with Crippen LogP contribution in [-0.2, 0) is 0 Å². The first-order chi connectivity index (χ1) is 7.56. The summed E-state index contributed by atoms with van der Waals surface area (Å²) in [5.74, 6) is -1.04. The average Bonchev–Trinajstić information content (AvgIpc) is 2.98. The molecule has 1 saturated carbocycles. The van der Waals surface area contributed by atoms with E-state index in [9.17, 15) is 9.18 Å². The number of hydrogen-bond acceptors (Lipinski definition) is 2. The lowest BCUT2D eigenvalue weighted by atomic mass is 10.2. The second-order valence-corrected chi connectivity index (χ2v) is 4.93. The summed E-state index contributed by atoms with van der Waals surface area (Å²) in [6.07, 6.45) is 1.49. The van der Waals surface area contributed by atoms with E-state index >= 15 is 0 Å². The van der Waals surface area contributed by atoms with E-state index in [0.29, 0.717) is 4.47 Å². The van der Waals surface area contributed by atoms with Gasteiger partial charge in [0.05, 0.1) is 17.7 Å². The van der Waals surface area contributed by atoms with Gasteiger partial charge in [0.15, 0.2) is 0 Å². The number of aliphatic hydroxyl groups excluding tert-OH is 1. The van der Waals surface area contributed by atoms with Crippen molar-refractivity contribution in [3.63, 3.8) is 0 Å². The van der Waals surface area contributed by atoms with Crippen LogP contribution < -0.4 is 5.32 Å². The molecule has 5 heteroatoms. The molecule has 2 N–H and O–H groups in total. The standard InChI is InChI=1S/C11H11BrFNO2/c12-7-1-2-8(9(13)5-7)10(16)14-11(6-15)3-4-11/h1-2,5,15H,3-4,6H2,(H,14,16). The van der Waals surface area contributed by atoms with Crippen molar-refractivity contribution in [2.45, 2.75) is 18.4 Å². The summed E-state index contributed by atoms with van der Waals surface area (Å²) in [5.41, 5.74) is -0.515. The van der Waals surface area contributed by atoms with E-state index in [2.05, 4.69) is 21.2 Å². The molecule has 16 heavy (non-hydrogen) atoms.